The Hall–Kier alpha value is -1.02. The quantitative estimate of drug-likeness (QED) is 0.763. The molecule has 1 aliphatic heterocycles. The summed E-state index contributed by atoms with van der Waals surface area (Å²) in [5, 5.41) is 14.2. The number of β-amino-alcohol motifs (C(OH)–C–C–N with tert-alkyl or cyclic N) is 1. The number of aliphatic hydroxyl groups is 1. The molecular formula is C14H24N4O3. The number of hydrogen-bond donors (Lipinski definition) is 1. The molecule has 3 rings (SSSR count). The van der Waals surface area contributed by atoms with Gasteiger partial charge < -0.3 is 14.4 Å². The fraction of sp³-hybridized carbons (Fsp3) is 0.857. The van der Waals surface area contributed by atoms with Crippen molar-refractivity contribution in [3.8, 4) is 0 Å². The topological polar surface area (TPSA) is 74.9 Å². The Morgan fingerprint density at radius 3 is 2.86 bits per heavy atom. The van der Waals surface area contributed by atoms with Crippen LogP contribution in [0, 0.1) is 0 Å². The first-order chi connectivity index (χ1) is 10.2. The highest BCUT2D eigenvalue weighted by Crippen LogP contribution is 2.38. The van der Waals surface area contributed by atoms with Crippen molar-refractivity contribution < 1.29 is 14.4 Å². The minimum atomic E-state index is -0.372. The minimum Gasteiger partial charge on any atom is -0.390 e. The number of hydrogen-bond acceptors (Lipinski definition) is 7. The zero-order valence-electron chi connectivity index (χ0n) is 12.6. The Balaban J connectivity index is 1.40. The smallest absolute Gasteiger partial charge is 0.229 e. The molecule has 0 spiro atoms. The van der Waals surface area contributed by atoms with Gasteiger partial charge in [-0.05, 0) is 19.9 Å². The largest absolute Gasteiger partial charge is 0.390 e. The molecule has 1 saturated heterocycles. The van der Waals surface area contributed by atoms with Crippen LogP contribution in [0.1, 0.15) is 30.5 Å². The van der Waals surface area contributed by atoms with E-state index in [0.29, 0.717) is 31.4 Å². The van der Waals surface area contributed by atoms with Gasteiger partial charge in [0.25, 0.3) is 0 Å². The summed E-state index contributed by atoms with van der Waals surface area (Å²) in [7, 11) is 1.97. The molecule has 1 aliphatic carbocycles. The van der Waals surface area contributed by atoms with E-state index in [-0.39, 0.29) is 6.10 Å². The number of morpholine rings is 1. The van der Waals surface area contributed by atoms with Crippen LogP contribution in [-0.4, -0.2) is 77.6 Å². The molecule has 0 bridgehead atoms. The summed E-state index contributed by atoms with van der Waals surface area (Å²) in [6.45, 7) is 5.21. The van der Waals surface area contributed by atoms with Crippen molar-refractivity contribution in [2.24, 2.45) is 0 Å². The van der Waals surface area contributed by atoms with Crippen molar-refractivity contribution in [3.05, 3.63) is 11.7 Å². The summed E-state index contributed by atoms with van der Waals surface area (Å²) in [5.41, 5.74) is 0. The molecule has 1 atom stereocenters. The van der Waals surface area contributed by atoms with E-state index >= 15 is 0 Å². The Morgan fingerprint density at radius 2 is 2.14 bits per heavy atom. The number of rotatable bonds is 7. The molecule has 0 amide bonds. The molecule has 1 aromatic heterocycles. The minimum absolute atomic E-state index is 0.372. The van der Waals surface area contributed by atoms with Crippen LogP contribution in [0.5, 0.6) is 0 Å². The van der Waals surface area contributed by atoms with Gasteiger partial charge in [0.1, 0.15) is 0 Å². The lowest BCUT2D eigenvalue weighted by atomic mass is 10.3. The van der Waals surface area contributed by atoms with Crippen LogP contribution >= 0.6 is 0 Å². The molecule has 2 aliphatic rings. The predicted molar refractivity (Wildman–Crippen MR) is 75.9 cm³/mol. The molecule has 118 valence electrons. The van der Waals surface area contributed by atoms with Crippen LogP contribution in [-0.2, 0) is 11.3 Å². The van der Waals surface area contributed by atoms with Gasteiger partial charge in [0.05, 0.1) is 25.9 Å². The maximum atomic E-state index is 10.2. The lowest BCUT2D eigenvalue weighted by Crippen LogP contribution is -2.44. The Morgan fingerprint density at radius 1 is 1.38 bits per heavy atom. The molecule has 21 heavy (non-hydrogen) atoms. The third kappa shape index (κ3) is 4.47. The third-order valence-electron chi connectivity index (χ3n) is 3.92. The second kappa shape index (κ2) is 6.83. The van der Waals surface area contributed by atoms with Gasteiger partial charge in [0.2, 0.25) is 5.89 Å². The molecule has 7 heteroatoms. The van der Waals surface area contributed by atoms with Gasteiger partial charge in [0, 0.05) is 32.1 Å². The average molecular weight is 296 g/mol. The molecule has 1 unspecified atom stereocenters. The standard InChI is InChI=1S/C14H24N4O3/c1-17(8-12(19)9-18-4-6-20-7-5-18)10-13-15-14(21-16-13)11-2-3-11/h11-12,19H,2-10H2,1H3. The van der Waals surface area contributed by atoms with E-state index in [0.717, 1.165) is 45.0 Å². The van der Waals surface area contributed by atoms with Gasteiger partial charge in [-0.15, -0.1) is 0 Å². The number of ether oxygens (including phenoxy) is 1. The molecule has 0 aromatic carbocycles. The third-order valence-corrected chi connectivity index (χ3v) is 3.92. The number of nitrogens with zero attached hydrogens (tertiary/aromatic N) is 4. The van der Waals surface area contributed by atoms with E-state index in [1.165, 1.54) is 0 Å². The van der Waals surface area contributed by atoms with Crippen LogP contribution in [0.4, 0.5) is 0 Å². The first-order valence-electron chi connectivity index (χ1n) is 7.70. The van der Waals surface area contributed by atoms with Crippen molar-refractivity contribution in [2.75, 3.05) is 46.4 Å². The fourth-order valence-electron chi connectivity index (χ4n) is 2.63. The molecular weight excluding hydrogens is 272 g/mol. The van der Waals surface area contributed by atoms with Gasteiger partial charge >= 0.3 is 0 Å². The van der Waals surface area contributed by atoms with Gasteiger partial charge in [-0.1, -0.05) is 5.16 Å². The Bertz CT molecular complexity index is 443. The van der Waals surface area contributed by atoms with Crippen LogP contribution in [0.2, 0.25) is 0 Å². The number of likely N-dealkylation sites (N-methyl/N-ethyl adjacent to an activating group) is 1. The van der Waals surface area contributed by atoms with Crippen molar-refractivity contribution in [1.82, 2.24) is 19.9 Å². The van der Waals surface area contributed by atoms with Crippen LogP contribution < -0.4 is 0 Å². The average Bonchev–Trinajstić information content (AvgIpc) is 3.20. The van der Waals surface area contributed by atoms with E-state index in [4.69, 9.17) is 9.26 Å². The molecule has 2 fully saturated rings. The zero-order chi connectivity index (χ0) is 14.7. The highest BCUT2D eigenvalue weighted by molar-refractivity contribution is 5.01. The maximum Gasteiger partial charge on any atom is 0.229 e. The molecule has 1 saturated carbocycles. The maximum absolute atomic E-state index is 10.2. The van der Waals surface area contributed by atoms with Crippen molar-refractivity contribution in [1.29, 1.82) is 0 Å². The highest BCUT2D eigenvalue weighted by atomic mass is 16.5. The van der Waals surface area contributed by atoms with Crippen LogP contribution in [0.25, 0.3) is 0 Å². The predicted octanol–water partition coefficient (Wildman–Crippen LogP) is 0.0719. The van der Waals surface area contributed by atoms with Gasteiger partial charge in [0.15, 0.2) is 5.82 Å². The summed E-state index contributed by atoms with van der Waals surface area (Å²) < 4.78 is 10.6. The van der Waals surface area contributed by atoms with E-state index in [1.54, 1.807) is 0 Å². The van der Waals surface area contributed by atoms with Gasteiger partial charge in [-0.3, -0.25) is 9.80 Å². The van der Waals surface area contributed by atoms with E-state index in [1.807, 2.05) is 11.9 Å². The van der Waals surface area contributed by atoms with Crippen LogP contribution in [0.3, 0.4) is 0 Å². The molecule has 1 aromatic rings. The number of aliphatic hydroxyl groups excluding tert-OH is 1. The van der Waals surface area contributed by atoms with Crippen LogP contribution in [0.15, 0.2) is 4.52 Å². The van der Waals surface area contributed by atoms with Gasteiger partial charge in [-0.2, -0.15) is 4.98 Å². The molecule has 1 N–H and O–H groups in total. The van der Waals surface area contributed by atoms with Crippen molar-refractivity contribution in [3.63, 3.8) is 0 Å². The molecule has 7 nitrogen and oxygen atoms in total. The van der Waals surface area contributed by atoms with Gasteiger partial charge in [-0.25, -0.2) is 0 Å². The Kier molecular flexibility index (Phi) is 4.84. The number of aromatic nitrogens is 2. The first-order valence-corrected chi connectivity index (χ1v) is 7.70. The van der Waals surface area contributed by atoms with E-state index in [9.17, 15) is 5.11 Å². The normalized spacial score (nSPS) is 21.9. The lowest BCUT2D eigenvalue weighted by molar-refractivity contribution is 0.00808. The summed E-state index contributed by atoms with van der Waals surface area (Å²) in [5.74, 6) is 1.97. The van der Waals surface area contributed by atoms with Crippen molar-refractivity contribution >= 4 is 0 Å². The summed E-state index contributed by atoms with van der Waals surface area (Å²) in [6.07, 6.45) is 1.95. The SMILES string of the molecule is CN(Cc1noc(C2CC2)n1)CC(O)CN1CCOCC1. The fourth-order valence-corrected chi connectivity index (χ4v) is 2.63. The molecule has 2 heterocycles. The Labute approximate surface area is 124 Å². The van der Waals surface area contributed by atoms with E-state index in [2.05, 4.69) is 15.0 Å². The summed E-state index contributed by atoms with van der Waals surface area (Å²) in [4.78, 5) is 8.68. The summed E-state index contributed by atoms with van der Waals surface area (Å²) in [6, 6.07) is 0. The van der Waals surface area contributed by atoms with E-state index < -0.39 is 0 Å². The monoisotopic (exact) mass is 296 g/mol. The zero-order valence-corrected chi connectivity index (χ0v) is 12.6. The lowest BCUT2D eigenvalue weighted by Gasteiger charge is -2.29. The highest BCUT2D eigenvalue weighted by Gasteiger charge is 2.29. The molecule has 0 radical (unpaired) electrons. The first kappa shape index (κ1) is 14.9. The van der Waals surface area contributed by atoms with Crippen molar-refractivity contribution in [2.45, 2.75) is 31.4 Å². The summed E-state index contributed by atoms with van der Waals surface area (Å²) >= 11 is 0. The second-order valence-corrected chi connectivity index (χ2v) is 6.09. The second-order valence-electron chi connectivity index (χ2n) is 6.09.